The van der Waals surface area contributed by atoms with E-state index in [4.69, 9.17) is 4.74 Å². The Labute approximate surface area is 114 Å². The fourth-order valence-corrected chi connectivity index (χ4v) is 2.47. The van der Waals surface area contributed by atoms with Crippen molar-refractivity contribution in [2.75, 3.05) is 26.7 Å². The molecule has 4 heteroatoms. The third kappa shape index (κ3) is 3.78. The van der Waals surface area contributed by atoms with Crippen LogP contribution in [0.5, 0.6) is 5.75 Å². The molecule has 0 aromatic heterocycles. The number of rotatable bonds is 5. The Kier molecular flexibility index (Phi) is 4.93. The second kappa shape index (κ2) is 6.68. The number of methoxy groups -OCH3 is 1. The standard InChI is InChI=1S/C15H21NO3/c1-19-14-4-2-3-13(9-14)15(18)10-16-7-5-12(11-17)6-8-16/h2-4,9,11-12,15,18H,5-8,10H2,1H3. The summed E-state index contributed by atoms with van der Waals surface area (Å²) in [6, 6.07) is 7.52. The average Bonchev–Trinajstić information content (AvgIpc) is 2.48. The van der Waals surface area contributed by atoms with E-state index in [0.29, 0.717) is 6.54 Å². The van der Waals surface area contributed by atoms with E-state index < -0.39 is 6.10 Å². The van der Waals surface area contributed by atoms with Crippen LogP contribution in [0.15, 0.2) is 24.3 Å². The molecule has 1 unspecified atom stereocenters. The summed E-state index contributed by atoms with van der Waals surface area (Å²) in [6.07, 6.45) is 2.33. The number of aldehydes is 1. The number of hydrogen-bond donors (Lipinski definition) is 1. The summed E-state index contributed by atoms with van der Waals surface area (Å²) >= 11 is 0. The lowest BCUT2D eigenvalue weighted by molar-refractivity contribution is -0.112. The molecule has 1 saturated heterocycles. The lowest BCUT2D eigenvalue weighted by Crippen LogP contribution is -2.36. The van der Waals surface area contributed by atoms with Crippen LogP contribution in [0.4, 0.5) is 0 Å². The molecule has 1 fully saturated rings. The molecule has 0 spiro atoms. The molecule has 104 valence electrons. The first-order valence-corrected chi connectivity index (χ1v) is 6.72. The van der Waals surface area contributed by atoms with Crippen LogP contribution >= 0.6 is 0 Å². The molecule has 1 aromatic rings. The molecule has 1 atom stereocenters. The van der Waals surface area contributed by atoms with Crippen molar-refractivity contribution >= 4 is 6.29 Å². The molecule has 4 nitrogen and oxygen atoms in total. The highest BCUT2D eigenvalue weighted by Gasteiger charge is 2.21. The number of hydrogen-bond acceptors (Lipinski definition) is 4. The smallest absolute Gasteiger partial charge is 0.123 e. The number of aliphatic hydroxyl groups is 1. The van der Waals surface area contributed by atoms with Gasteiger partial charge in [-0.3, -0.25) is 0 Å². The van der Waals surface area contributed by atoms with E-state index in [2.05, 4.69) is 4.90 Å². The van der Waals surface area contributed by atoms with Gasteiger partial charge in [0.15, 0.2) is 0 Å². The van der Waals surface area contributed by atoms with Crippen molar-refractivity contribution in [3.8, 4) is 5.75 Å². The van der Waals surface area contributed by atoms with Gasteiger partial charge in [0.05, 0.1) is 13.2 Å². The molecule has 1 aliphatic heterocycles. The highest BCUT2D eigenvalue weighted by molar-refractivity contribution is 5.53. The van der Waals surface area contributed by atoms with Crippen LogP contribution in [0.3, 0.4) is 0 Å². The number of aliphatic hydroxyl groups excluding tert-OH is 1. The molecule has 0 bridgehead atoms. The van der Waals surface area contributed by atoms with Crippen molar-refractivity contribution in [1.29, 1.82) is 0 Å². The van der Waals surface area contributed by atoms with Gasteiger partial charge in [0.2, 0.25) is 0 Å². The Hall–Kier alpha value is -1.39. The van der Waals surface area contributed by atoms with Crippen LogP contribution in [0.1, 0.15) is 24.5 Å². The molecule has 1 heterocycles. The molecule has 1 N–H and O–H groups in total. The lowest BCUT2D eigenvalue weighted by atomic mass is 9.98. The Bertz CT molecular complexity index is 414. The maximum absolute atomic E-state index is 10.7. The van der Waals surface area contributed by atoms with Gasteiger partial charge in [-0.25, -0.2) is 0 Å². The zero-order chi connectivity index (χ0) is 13.7. The Morgan fingerprint density at radius 2 is 2.21 bits per heavy atom. The van der Waals surface area contributed by atoms with E-state index in [-0.39, 0.29) is 5.92 Å². The van der Waals surface area contributed by atoms with E-state index >= 15 is 0 Å². The van der Waals surface area contributed by atoms with Crippen LogP contribution in [0.25, 0.3) is 0 Å². The largest absolute Gasteiger partial charge is 0.497 e. The first-order chi connectivity index (χ1) is 9.22. The minimum atomic E-state index is -0.511. The van der Waals surface area contributed by atoms with Crippen LogP contribution in [-0.4, -0.2) is 43.0 Å². The maximum atomic E-state index is 10.7. The van der Waals surface area contributed by atoms with Crippen LogP contribution < -0.4 is 4.74 Å². The molecular formula is C15H21NO3. The second-order valence-corrected chi connectivity index (χ2v) is 5.07. The summed E-state index contributed by atoms with van der Waals surface area (Å²) in [6.45, 7) is 2.37. The fraction of sp³-hybridized carbons (Fsp3) is 0.533. The first kappa shape index (κ1) is 14.0. The van der Waals surface area contributed by atoms with Gasteiger partial charge in [-0.1, -0.05) is 12.1 Å². The molecule has 19 heavy (non-hydrogen) atoms. The zero-order valence-corrected chi connectivity index (χ0v) is 11.3. The van der Waals surface area contributed by atoms with E-state index in [1.54, 1.807) is 7.11 Å². The van der Waals surface area contributed by atoms with Gasteiger partial charge >= 0.3 is 0 Å². The Morgan fingerprint density at radius 1 is 1.47 bits per heavy atom. The van der Waals surface area contributed by atoms with Crippen LogP contribution in [0.2, 0.25) is 0 Å². The Morgan fingerprint density at radius 3 is 2.84 bits per heavy atom. The number of carbonyl (C=O) groups is 1. The molecule has 1 aliphatic rings. The molecule has 0 saturated carbocycles. The summed E-state index contributed by atoms with van der Waals surface area (Å²) in [5.74, 6) is 0.960. The van der Waals surface area contributed by atoms with Crippen molar-refractivity contribution in [1.82, 2.24) is 4.90 Å². The van der Waals surface area contributed by atoms with E-state index in [1.165, 1.54) is 0 Å². The van der Waals surface area contributed by atoms with Crippen LogP contribution in [-0.2, 0) is 4.79 Å². The second-order valence-electron chi connectivity index (χ2n) is 5.07. The maximum Gasteiger partial charge on any atom is 0.123 e. The molecule has 0 aliphatic carbocycles. The minimum Gasteiger partial charge on any atom is -0.497 e. The predicted octanol–water partition coefficient (Wildman–Crippen LogP) is 1.64. The quantitative estimate of drug-likeness (QED) is 0.821. The summed E-state index contributed by atoms with van der Waals surface area (Å²) in [4.78, 5) is 12.9. The van der Waals surface area contributed by atoms with Crippen molar-refractivity contribution in [2.45, 2.75) is 18.9 Å². The summed E-state index contributed by atoms with van der Waals surface area (Å²) in [5, 5.41) is 10.2. The number of nitrogens with zero attached hydrogens (tertiary/aromatic N) is 1. The third-order valence-corrected chi connectivity index (χ3v) is 3.73. The monoisotopic (exact) mass is 263 g/mol. The van der Waals surface area contributed by atoms with Gasteiger partial charge in [-0.15, -0.1) is 0 Å². The van der Waals surface area contributed by atoms with Gasteiger partial charge in [0, 0.05) is 12.5 Å². The van der Waals surface area contributed by atoms with Gasteiger partial charge in [0.1, 0.15) is 12.0 Å². The number of benzene rings is 1. The topological polar surface area (TPSA) is 49.8 Å². The van der Waals surface area contributed by atoms with E-state index in [1.807, 2.05) is 24.3 Å². The zero-order valence-electron chi connectivity index (χ0n) is 11.3. The lowest BCUT2D eigenvalue weighted by Gasteiger charge is -2.31. The number of carbonyl (C=O) groups excluding carboxylic acids is 1. The molecule has 0 radical (unpaired) electrons. The van der Waals surface area contributed by atoms with Gasteiger partial charge in [0.25, 0.3) is 0 Å². The van der Waals surface area contributed by atoms with Crippen LogP contribution in [0, 0.1) is 5.92 Å². The van der Waals surface area contributed by atoms with Crippen molar-refractivity contribution in [2.24, 2.45) is 5.92 Å². The third-order valence-electron chi connectivity index (χ3n) is 3.73. The minimum absolute atomic E-state index is 0.199. The summed E-state index contributed by atoms with van der Waals surface area (Å²) < 4.78 is 5.16. The van der Waals surface area contributed by atoms with Gasteiger partial charge in [-0.2, -0.15) is 0 Å². The summed E-state index contributed by atoms with van der Waals surface area (Å²) in [5.41, 5.74) is 0.872. The summed E-state index contributed by atoms with van der Waals surface area (Å²) in [7, 11) is 1.62. The molecule has 0 amide bonds. The van der Waals surface area contributed by atoms with Crippen molar-refractivity contribution in [3.63, 3.8) is 0 Å². The van der Waals surface area contributed by atoms with Gasteiger partial charge < -0.3 is 19.5 Å². The van der Waals surface area contributed by atoms with Crippen molar-refractivity contribution < 1.29 is 14.6 Å². The average molecular weight is 263 g/mol. The highest BCUT2D eigenvalue weighted by Crippen LogP contribution is 2.22. The molecule has 1 aromatic carbocycles. The number of ether oxygens (including phenoxy) is 1. The fourth-order valence-electron chi connectivity index (χ4n) is 2.47. The molecular weight excluding hydrogens is 242 g/mol. The van der Waals surface area contributed by atoms with E-state index in [9.17, 15) is 9.90 Å². The first-order valence-electron chi connectivity index (χ1n) is 6.72. The number of piperidine rings is 1. The molecule has 2 rings (SSSR count). The normalized spacial score (nSPS) is 19.1. The van der Waals surface area contributed by atoms with E-state index in [0.717, 1.165) is 43.5 Å². The van der Waals surface area contributed by atoms with Gasteiger partial charge in [-0.05, 0) is 43.6 Å². The SMILES string of the molecule is COc1cccc(C(O)CN2CCC(C=O)CC2)c1. The predicted molar refractivity (Wildman–Crippen MR) is 73.2 cm³/mol. The van der Waals surface area contributed by atoms with Crippen molar-refractivity contribution in [3.05, 3.63) is 29.8 Å². The number of β-amino-alcohol motifs (C(OH)–C–C–N with tert-alkyl or cyclic N) is 1. The Balaban J connectivity index is 1.90. The number of likely N-dealkylation sites (tertiary alicyclic amines) is 1. The highest BCUT2D eigenvalue weighted by atomic mass is 16.5.